The highest BCUT2D eigenvalue weighted by Gasteiger charge is 2.28. The van der Waals surface area contributed by atoms with Crippen molar-refractivity contribution in [2.75, 3.05) is 18.1 Å². The molecule has 0 unspecified atom stereocenters. The van der Waals surface area contributed by atoms with Gasteiger partial charge >= 0.3 is 5.97 Å². The van der Waals surface area contributed by atoms with Crippen LogP contribution in [0, 0.1) is 0 Å². The number of fused-ring (bicyclic) bond motifs is 1. The van der Waals surface area contributed by atoms with Gasteiger partial charge in [-0.25, -0.2) is 9.78 Å². The number of carboxylic acid groups (broad SMARTS) is 1. The number of aromatic nitrogens is 4. The summed E-state index contributed by atoms with van der Waals surface area (Å²) in [7, 11) is 0. The number of hydrogen-bond acceptors (Lipinski definition) is 6. The van der Waals surface area contributed by atoms with Crippen molar-refractivity contribution in [3.05, 3.63) is 74.9 Å². The quantitative estimate of drug-likeness (QED) is 0.409. The first-order chi connectivity index (χ1) is 16.4. The SMILES string of the molecule is O=C(O)c1cn(-c2cn[nH]c2)c2cc(N3CCC[C@@H]3COc3ncccc3Cl)c(Cl)cc2c1=O. The lowest BCUT2D eigenvalue weighted by Crippen LogP contribution is -2.34. The Hall–Kier alpha value is -3.56. The topological polar surface area (TPSA) is 113 Å². The number of H-pyrrole nitrogens is 1. The van der Waals surface area contributed by atoms with Crippen LogP contribution in [0.3, 0.4) is 0 Å². The van der Waals surface area contributed by atoms with Crippen LogP contribution < -0.4 is 15.1 Å². The Morgan fingerprint density at radius 2 is 2.15 bits per heavy atom. The molecular formula is C23H19Cl2N5O4. The van der Waals surface area contributed by atoms with Gasteiger partial charge in [0.25, 0.3) is 0 Å². The lowest BCUT2D eigenvalue weighted by Gasteiger charge is -2.28. The zero-order valence-corrected chi connectivity index (χ0v) is 19.3. The lowest BCUT2D eigenvalue weighted by molar-refractivity contribution is 0.0695. The van der Waals surface area contributed by atoms with E-state index in [1.165, 1.54) is 12.3 Å². The van der Waals surface area contributed by atoms with Crippen molar-refractivity contribution in [3.8, 4) is 11.6 Å². The number of pyridine rings is 2. The van der Waals surface area contributed by atoms with Gasteiger partial charge in [-0.05, 0) is 37.1 Å². The molecule has 4 aromatic rings. The number of aromatic carboxylic acids is 1. The van der Waals surface area contributed by atoms with Crippen LogP contribution in [0.25, 0.3) is 16.6 Å². The van der Waals surface area contributed by atoms with E-state index in [2.05, 4.69) is 20.1 Å². The van der Waals surface area contributed by atoms with Gasteiger partial charge in [-0.15, -0.1) is 0 Å². The Morgan fingerprint density at radius 3 is 2.88 bits per heavy atom. The number of nitrogens with zero attached hydrogens (tertiary/aromatic N) is 4. The van der Waals surface area contributed by atoms with Crippen LogP contribution in [0.2, 0.25) is 10.0 Å². The van der Waals surface area contributed by atoms with E-state index in [1.807, 2.05) is 6.07 Å². The van der Waals surface area contributed by atoms with Crippen molar-refractivity contribution in [2.24, 2.45) is 0 Å². The predicted molar refractivity (Wildman–Crippen MR) is 129 cm³/mol. The van der Waals surface area contributed by atoms with Crippen LogP contribution in [-0.2, 0) is 0 Å². The van der Waals surface area contributed by atoms with Gasteiger partial charge < -0.3 is 19.3 Å². The number of carbonyl (C=O) groups is 1. The number of carboxylic acids is 1. The highest BCUT2D eigenvalue weighted by Crippen LogP contribution is 2.36. The van der Waals surface area contributed by atoms with E-state index in [0.29, 0.717) is 33.7 Å². The molecule has 0 radical (unpaired) electrons. The minimum Gasteiger partial charge on any atom is -0.477 e. The molecule has 2 N–H and O–H groups in total. The molecule has 4 heterocycles. The second kappa shape index (κ2) is 9.00. The van der Waals surface area contributed by atoms with E-state index in [0.717, 1.165) is 25.1 Å². The van der Waals surface area contributed by atoms with E-state index >= 15 is 0 Å². The molecular weight excluding hydrogens is 481 g/mol. The van der Waals surface area contributed by atoms with Gasteiger partial charge in [0.15, 0.2) is 0 Å². The number of rotatable bonds is 6. The van der Waals surface area contributed by atoms with Gasteiger partial charge in [0.05, 0.1) is 34.2 Å². The van der Waals surface area contributed by atoms with Crippen molar-refractivity contribution >= 4 is 45.8 Å². The molecule has 1 saturated heterocycles. The van der Waals surface area contributed by atoms with Gasteiger partial charge in [-0.2, -0.15) is 5.10 Å². The number of ether oxygens (including phenoxy) is 1. The summed E-state index contributed by atoms with van der Waals surface area (Å²) in [6, 6.07) is 6.81. The number of halogens is 2. The first-order valence-corrected chi connectivity index (χ1v) is 11.3. The van der Waals surface area contributed by atoms with E-state index in [1.54, 1.807) is 35.3 Å². The summed E-state index contributed by atoms with van der Waals surface area (Å²) in [5, 5.41) is 17.2. The molecule has 5 rings (SSSR count). The molecule has 174 valence electrons. The summed E-state index contributed by atoms with van der Waals surface area (Å²) in [5.74, 6) is -0.940. The van der Waals surface area contributed by atoms with Gasteiger partial charge in [0.2, 0.25) is 11.3 Å². The summed E-state index contributed by atoms with van der Waals surface area (Å²) < 4.78 is 7.51. The third-order valence-corrected chi connectivity index (χ3v) is 6.48. The predicted octanol–water partition coefficient (Wildman–Crippen LogP) is 4.16. The summed E-state index contributed by atoms with van der Waals surface area (Å²) in [6.45, 7) is 1.11. The van der Waals surface area contributed by atoms with Crippen molar-refractivity contribution in [3.63, 3.8) is 0 Å². The van der Waals surface area contributed by atoms with Gasteiger partial charge in [0, 0.05) is 30.5 Å². The first kappa shape index (κ1) is 22.2. The smallest absolute Gasteiger partial charge is 0.341 e. The number of hydrogen-bond donors (Lipinski definition) is 2. The van der Waals surface area contributed by atoms with Crippen molar-refractivity contribution in [1.82, 2.24) is 19.7 Å². The first-order valence-electron chi connectivity index (χ1n) is 10.6. The van der Waals surface area contributed by atoms with E-state index < -0.39 is 11.4 Å². The Bertz CT molecular complexity index is 1440. The average molecular weight is 500 g/mol. The fourth-order valence-electron chi connectivity index (χ4n) is 4.27. The van der Waals surface area contributed by atoms with Crippen molar-refractivity contribution in [1.29, 1.82) is 0 Å². The number of anilines is 1. The maximum Gasteiger partial charge on any atom is 0.341 e. The van der Waals surface area contributed by atoms with E-state index in [4.69, 9.17) is 27.9 Å². The molecule has 1 atom stereocenters. The van der Waals surface area contributed by atoms with Crippen LogP contribution >= 0.6 is 23.2 Å². The Kier molecular flexibility index (Phi) is 5.89. The van der Waals surface area contributed by atoms with E-state index in [9.17, 15) is 14.7 Å². The summed E-state index contributed by atoms with van der Waals surface area (Å²) >= 11 is 12.8. The molecule has 0 spiro atoms. The van der Waals surface area contributed by atoms with Crippen LogP contribution in [-0.4, -0.2) is 50.0 Å². The second-order valence-corrected chi connectivity index (χ2v) is 8.73. The van der Waals surface area contributed by atoms with Crippen molar-refractivity contribution < 1.29 is 14.6 Å². The normalized spacial score (nSPS) is 15.7. The standard InChI is InChI=1S/C23H19Cl2N5O4/c24-17-4-1-5-26-22(17)34-12-13-3-2-6-29(13)20-8-19-15(7-18(20)25)21(31)16(23(32)33)11-30(19)14-9-27-28-10-14/h1,4-5,7-11,13H,2-3,6,12H2,(H,27,28)(H,32,33)/t13-/m1/s1. The van der Waals surface area contributed by atoms with Crippen LogP contribution in [0.5, 0.6) is 5.88 Å². The molecule has 0 saturated carbocycles. The number of benzene rings is 1. The van der Waals surface area contributed by atoms with Gasteiger partial charge in [-0.3, -0.25) is 9.89 Å². The number of aromatic amines is 1. The second-order valence-electron chi connectivity index (χ2n) is 7.92. The summed E-state index contributed by atoms with van der Waals surface area (Å²) in [5.41, 5.74) is 0.896. The van der Waals surface area contributed by atoms with Gasteiger partial charge in [0.1, 0.15) is 17.2 Å². The van der Waals surface area contributed by atoms with Crippen molar-refractivity contribution in [2.45, 2.75) is 18.9 Å². The molecule has 1 aromatic carbocycles. The molecule has 34 heavy (non-hydrogen) atoms. The Labute approximate surface area is 203 Å². The third-order valence-electron chi connectivity index (χ3n) is 5.89. The van der Waals surface area contributed by atoms with Crippen LogP contribution in [0.4, 0.5) is 5.69 Å². The maximum absolute atomic E-state index is 12.9. The average Bonchev–Trinajstić information content (AvgIpc) is 3.51. The molecule has 1 aliphatic rings. The minimum atomic E-state index is -1.31. The Balaban J connectivity index is 1.57. The summed E-state index contributed by atoms with van der Waals surface area (Å²) in [4.78, 5) is 30.9. The summed E-state index contributed by atoms with van der Waals surface area (Å²) in [6.07, 6.45) is 7.91. The molecule has 0 amide bonds. The lowest BCUT2D eigenvalue weighted by atomic mass is 10.1. The fraction of sp³-hybridized carbons (Fsp3) is 0.217. The van der Waals surface area contributed by atoms with E-state index in [-0.39, 0.29) is 17.0 Å². The molecule has 0 aliphatic carbocycles. The zero-order valence-electron chi connectivity index (χ0n) is 17.7. The molecule has 11 heteroatoms. The molecule has 3 aromatic heterocycles. The largest absolute Gasteiger partial charge is 0.477 e. The highest BCUT2D eigenvalue weighted by atomic mass is 35.5. The maximum atomic E-state index is 12.9. The third kappa shape index (κ3) is 3.97. The van der Waals surface area contributed by atoms with Gasteiger partial charge in [-0.1, -0.05) is 23.2 Å². The zero-order chi connectivity index (χ0) is 23.8. The monoisotopic (exact) mass is 499 g/mol. The molecule has 9 nitrogen and oxygen atoms in total. The fourth-order valence-corrected chi connectivity index (χ4v) is 4.72. The molecule has 1 aliphatic heterocycles. The Morgan fingerprint density at radius 1 is 1.29 bits per heavy atom. The minimum absolute atomic E-state index is 0.0143. The highest BCUT2D eigenvalue weighted by molar-refractivity contribution is 6.34. The molecule has 1 fully saturated rings. The number of nitrogens with one attached hydrogen (secondary N) is 1. The molecule has 0 bridgehead atoms. The van der Waals surface area contributed by atoms with Crippen LogP contribution in [0.1, 0.15) is 23.2 Å². The van der Waals surface area contributed by atoms with Crippen LogP contribution in [0.15, 0.2) is 53.8 Å².